The van der Waals surface area contributed by atoms with Crippen LogP contribution in [0.4, 0.5) is 5.69 Å². The van der Waals surface area contributed by atoms with Gasteiger partial charge in [0.15, 0.2) is 0 Å². The number of carbonyl (C=O) groups is 2. The predicted octanol–water partition coefficient (Wildman–Crippen LogP) is 0.842. The third kappa shape index (κ3) is 3.49. The van der Waals surface area contributed by atoms with Crippen molar-refractivity contribution in [3.63, 3.8) is 0 Å². The number of anilines is 1. The van der Waals surface area contributed by atoms with Crippen LogP contribution < -0.4 is 4.90 Å². The lowest BCUT2D eigenvalue weighted by Crippen LogP contribution is -2.35. The number of hydrogen-bond donors (Lipinski definition) is 2. The first kappa shape index (κ1) is 13.5. The van der Waals surface area contributed by atoms with Crippen LogP contribution in [0.15, 0.2) is 18.2 Å². The van der Waals surface area contributed by atoms with Crippen molar-refractivity contribution < 1.29 is 19.8 Å². The summed E-state index contributed by atoms with van der Waals surface area (Å²) in [6.45, 7) is 0.859. The van der Waals surface area contributed by atoms with Gasteiger partial charge in [-0.1, -0.05) is 6.07 Å². The van der Waals surface area contributed by atoms with E-state index in [1.165, 1.54) is 0 Å². The van der Waals surface area contributed by atoms with Gasteiger partial charge >= 0.3 is 11.9 Å². The Balaban J connectivity index is 3.15. The van der Waals surface area contributed by atoms with E-state index in [4.69, 9.17) is 15.5 Å². The fraction of sp³-hybridized carbons (Fsp3) is 0.250. The van der Waals surface area contributed by atoms with Crippen LogP contribution in [0.3, 0.4) is 0 Å². The Morgan fingerprint density at radius 3 is 2.28 bits per heavy atom. The summed E-state index contributed by atoms with van der Waals surface area (Å²) in [5.41, 5.74) is 1.42. The number of benzene rings is 1. The van der Waals surface area contributed by atoms with Crippen molar-refractivity contribution in [2.45, 2.75) is 6.92 Å². The van der Waals surface area contributed by atoms with Crippen LogP contribution in [0.5, 0.6) is 0 Å². The van der Waals surface area contributed by atoms with Gasteiger partial charge < -0.3 is 15.1 Å². The Morgan fingerprint density at radius 1 is 1.28 bits per heavy atom. The molecule has 0 unspecified atom stereocenters. The number of carboxylic acid groups (broad SMARTS) is 2. The van der Waals surface area contributed by atoms with E-state index < -0.39 is 25.0 Å². The molecular weight excluding hydrogens is 236 g/mol. The Kier molecular flexibility index (Phi) is 4.27. The molecule has 0 aliphatic heterocycles. The minimum Gasteiger partial charge on any atom is -0.480 e. The highest BCUT2D eigenvalue weighted by molar-refractivity contribution is 5.80. The normalized spacial score (nSPS) is 9.56. The van der Waals surface area contributed by atoms with E-state index in [1.807, 2.05) is 6.07 Å². The lowest BCUT2D eigenvalue weighted by atomic mass is 10.1. The molecule has 0 radical (unpaired) electrons. The highest BCUT2D eigenvalue weighted by atomic mass is 16.4. The molecule has 0 aliphatic rings. The quantitative estimate of drug-likeness (QED) is 0.800. The first-order valence-electron chi connectivity index (χ1n) is 5.13. The van der Waals surface area contributed by atoms with E-state index in [2.05, 4.69) is 0 Å². The van der Waals surface area contributed by atoms with E-state index in [9.17, 15) is 9.59 Å². The number of hydrogen-bond acceptors (Lipinski definition) is 4. The van der Waals surface area contributed by atoms with E-state index in [0.717, 1.165) is 10.5 Å². The summed E-state index contributed by atoms with van der Waals surface area (Å²) in [5, 5.41) is 26.5. The minimum absolute atomic E-state index is 0.262. The molecule has 6 nitrogen and oxygen atoms in total. The largest absolute Gasteiger partial charge is 0.480 e. The Bertz CT molecular complexity index is 503. The number of nitrogens with zero attached hydrogens (tertiary/aromatic N) is 2. The summed E-state index contributed by atoms with van der Waals surface area (Å²) in [6.07, 6.45) is 0. The molecule has 18 heavy (non-hydrogen) atoms. The van der Waals surface area contributed by atoms with Crippen LogP contribution in [0.1, 0.15) is 11.1 Å². The molecule has 0 heterocycles. The molecule has 1 rings (SSSR count). The third-order valence-electron chi connectivity index (χ3n) is 2.27. The van der Waals surface area contributed by atoms with Crippen LogP contribution in [0.2, 0.25) is 0 Å². The maximum Gasteiger partial charge on any atom is 0.323 e. The molecular formula is C12H12N2O4. The monoisotopic (exact) mass is 248 g/mol. The van der Waals surface area contributed by atoms with Crippen LogP contribution in [0, 0.1) is 18.3 Å². The fourth-order valence-corrected chi connectivity index (χ4v) is 1.57. The second-order valence-corrected chi connectivity index (χ2v) is 3.78. The second-order valence-electron chi connectivity index (χ2n) is 3.78. The van der Waals surface area contributed by atoms with Crippen LogP contribution in [-0.4, -0.2) is 35.2 Å². The average molecular weight is 248 g/mol. The zero-order valence-corrected chi connectivity index (χ0v) is 9.75. The van der Waals surface area contributed by atoms with Gasteiger partial charge in [0.25, 0.3) is 0 Å². The number of aryl methyl sites for hydroxylation is 1. The van der Waals surface area contributed by atoms with Gasteiger partial charge in [-0.05, 0) is 24.6 Å². The molecule has 94 valence electrons. The summed E-state index contributed by atoms with van der Waals surface area (Å²) in [4.78, 5) is 22.6. The molecule has 0 spiro atoms. The number of aliphatic carboxylic acids is 2. The number of rotatable bonds is 5. The average Bonchev–Trinajstić information content (AvgIpc) is 2.26. The Hall–Kier alpha value is -2.55. The van der Waals surface area contributed by atoms with Crippen molar-refractivity contribution in [3.05, 3.63) is 29.3 Å². The molecule has 0 aromatic heterocycles. The molecule has 0 aliphatic carbocycles. The molecule has 0 saturated heterocycles. The molecule has 0 fully saturated rings. The maximum absolute atomic E-state index is 10.7. The highest BCUT2D eigenvalue weighted by Crippen LogP contribution is 2.21. The number of carboxylic acids is 2. The van der Waals surface area contributed by atoms with E-state index in [-0.39, 0.29) is 5.56 Å². The van der Waals surface area contributed by atoms with Gasteiger partial charge in [-0.2, -0.15) is 5.26 Å². The van der Waals surface area contributed by atoms with E-state index in [1.54, 1.807) is 25.1 Å². The molecule has 2 N–H and O–H groups in total. The Labute approximate surface area is 104 Å². The van der Waals surface area contributed by atoms with Crippen molar-refractivity contribution in [2.24, 2.45) is 0 Å². The van der Waals surface area contributed by atoms with Crippen LogP contribution in [0.25, 0.3) is 0 Å². The molecule has 0 saturated carbocycles. The molecule has 0 amide bonds. The summed E-state index contributed by atoms with van der Waals surface area (Å²) < 4.78 is 0. The highest BCUT2D eigenvalue weighted by Gasteiger charge is 2.17. The van der Waals surface area contributed by atoms with Gasteiger partial charge in [-0.25, -0.2) is 0 Å². The van der Waals surface area contributed by atoms with Gasteiger partial charge in [0.05, 0.1) is 11.3 Å². The van der Waals surface area contributed by atoms with Gasteiger partial charge in [0.2, 0.25) is 0 Å². The molecule has 0 bridgehead atoms. The van der Waals surface area contributed by atoms with Crippen molar-refractivity contribution in [1.82, 2.24) is 0 Å². The maximum atomic E-state index is 10.7. The van der Waals surface area contributed by atoms with Gasteiger partial charge in [-0.3, -0.25) is 9.59 Å². The zero-order valence-electron chi connectivity index (χ0n) is 9.75. The molecule has 1 aromatic carbocycles. The topological polar surface area (TPSA) is 102 Å². The van der Waals surface area contributed by atoms with Gasteiger partial charge in [-0.15, -0.1) is 0 Å². The van der Waals surface area contributed by atoms with Gasteiger partial charge in [0.1, 0.15) is 19.2 Å². The summed E-state index contributed by atoms with van der Waals surface area (Å²) in [6, 6.07) is 6.78. The summed E-state index contributed by atoms with van der Waals surface area (Å²) in [7, 11) is 0. The van der Waals surface area contributed by atoms with Crippen molar-refractivity contribution in [2.75, 3.05) is 18.0 Å². The standard InChI is InChI=1S/C12H12N2O4/c1-8-2-3-10(9(4-8)5-13)14(6-11(15)16)7-12(17)18/h2-4H,6-7H2,1H3,(H,15,16)(H,17,18). The SMILES string of the molecule is Cc1ccc(N(CC(=O)O)CC(=O)O)c(C#N)c1. The van der Waals surface area contributed by atoms with Crippen LogP contribution in [-0.2, 0) is 9.59 Å². The lowest BCUT2D eigenvalue weighted by molar-refractivity contribution is -0.136. The lowest BCUT2D eigenvalue weighted by Gasteiger charge is -2.21. The fourth-order valence-electron chi connectivity index (χ4n) is 1.57. The summed E-state index contributed by atoms with van der Waals surface area (Å²) in [5.74, 6) is -2.30. The van der Waals surface area contributed by atoms with Crippen molar-refractivity contribution >= 4 is 17.6 Å². The third-order valence-corrected chi connectivity index (χ3v) is 2.27. The summed E-state index contributed by atoms with van der Waals surface area (Å²) >= 11 is 0. The zero-order chi connectivity index (χ0) is 13.7. The predicted molar refractivity (Wildman–Crippen MR) is 63.4 cm³/mol. The number of nitriles is 1. The van der Waals surface area contributed by atoms with Crippen molar-refractivity contribution in [3.8, 4) is 6.07 Å². The van der Waals surface area contributed by atoms with Gasteiger partial charge in [0, 0.05) is 0 Å². The van der Waals surface area contributed by atoms with E-state index >= 15 is 0 Å². The first-order valence-corrected chi connectivity index (χ1v) is 5.13. The minimum atomic E-state index is -1.15. The molecule has 1 aromatic rings. The van der Waals surface area contributed by atoms with E-state index in [0.29, 0.717) is 5.69 Å². The first-order chi connectivity index (χ1) is 8.43. The Morgan fingerprint density at radius 2 is 1.83 bits per heavy atom. The molecule has 6 heteroatoms. The smallest absolute Gasteiger partial charge is 0.323 e. The van der Waals surface area contributed by atoms with Crippen molar-refractivity contribution in [1.29, 1.82) is 5.26 Å². The van der Waals surface area contributed by atoms with Crippen LogP contribution >= 0.6 is 0 Å². The molecule has 0 atom stereocenters. The second kappa shape index (κ2) is 5.68.